The molecule has 27 heavy (non-hydrogen) atoms. The lowest BCUT2D eigenvalue weighted by molar-refractivity contribution is -0.0498. The number of methoxy groups -OCH3 is 1. The van der Waals surface area contributed by atoms with E-state index in [9.17, 15) is 13.6 Å². The molecule has 3 aromatic rings. The van der Waals surface area contributed by atoms with Crippen molar-refractivity contribution in [1.29, 1.82) is 0 Å². The SMILES string of the molecule is COc1ccncc1NC(=O)c1nnn(-c2ccc(OC(F)F)cc2)c1C. The quantitative estimate of drug-likeness (QED) is 0.712. The lowest BCUT2D eigenvalue weighted by Gasteiger charge is -2.09. The minimum absolute atomic E-state index is 0.0214. The second-order valence-corrected chi connectivity index (χ2v) is 5.34. The van der Waals surface area contributed by atoms with Gasteiger partial charge >= 0.3 is 6.61 Å². The number of amides is 1. The minimum Gasteiger partial charge on any atom is -0.494 e. The zero-order valence-electron chi connectivity index (χ0n) is 14.4. The van der Waals surface area contributed by atoms with E-state index in [1.165, 1.54) is 48.5 Å². The smallest absolute Gasteiger partial charge is 0.387 e. The molecule has 8 nitrogen and oxygen atoms in total. The molecule has 0 atom stereocenters. The Balaban J connectivity index is 1.81. The van der Waals surface area contributed by atoms with Gasteiger partial charge in [-0.05, 0) is 31.2 Å². The minimum atomic E-state index is -2.90. The van der Waals surface area contributed by atoms with Crippen molar-refractivity contribution in [2.75, 3.05) is 12.4 Å². The van der Waals surface area contributed by atoms with E-state index in [4.69, 9.17) is 4.74 Å². The molecule has 1 amide bonds. The molecule has 0 aliphatic heterocycles. The van der Waals surface area contributed by atoms with Crippen LogP contribution in [0.25, 0.3) is 5.69 Å². The molecule has 1 aromatic carbocycles. The topological polar surface area (TPSA) is 91.2 Å². The second-order valence-electron chi connectivity index (χ2n) is 5.34. The number of hydrogen-bond donors (Lipinski definition) is 1. The van der Waals surface area contributed by atoms with Crippen LogP contribution in [0, 0.1) is 6.92 Å². The van der Waals surface area contributed by atoms with Gasteiger partial charge in [-0.2, -0.15) is 8.78 Å². The molecule has 0 saturated heterocycles. The van der Waals surface area contributed by atoms with Crippen LogP contribution in [0.5, 0.6) is 11.5 Å². The molecule has 0 saturated carbocycles. The molecule has 3 rings (SSSR count). The molecule has 0 radical (unpaired) electrons. The molecule has 2 aromatic heterocycles. The summed E-state index contributed by atoms with van der Waals surface area (Å²) in [4.78, 5) is 16.5. The normalized spacial score (nSPS) is 10.7. The van der Waals surface area contributed by atoms with Crippen molar-refractivity contribution in [2.45, 2.75) is 13.5 Å². The van der Waals surface area contributed by atoms with Gasteiger partial charge in [-0.15, -0.1) is 5.10 Å². The summed E-state index contributed by atoms with van der Waals surface area (Å²) in [6.45, 7) is -1.23. The van der Waals surface area contributed by atoms with Crippen LogP contribution < -0.4 is 14.8 Å². The predicted molar refractivity (Wildman–Crippen MR) is 91.5 cm³/mol. The molecule has 0 fully saturated rings. The summed E-state index contributed by atoms with van der Waals surface area (Å²) in [6, 6.07) is 7.44. The summed E-state index contributed by atoms with van der Waals surface area (Å²) in [6.07, 6.45) is 3.00. The van der Waals surface area contributed by atoms with E-state index in [2.05, 4.69) is 25.3 Å². The first kappa shape index (κ1) is 18.2. The summed E-state index contributed by atoms with van der Waals surface area (Å²) in [5.74, 6) is -0.00567. The molecule has 0 aliphatic carbocycles. The zero-order chi connectivity index (χ0) is 19.4. The van der Waals surface area contributed by atoms with Crippen LogP contribution in [0.3, 0.4) is 0 Å². The van der Waals surface area contributed by atoms with Gasteiger partial charge < -0.3 is 14.8 Å². The van der Waals surface area contributed by atoms with Crippen LogP contribution in [0.1, 0.15) is 16.2 Å². The number of nitrogens with zero attached hydrogens (tertiary/aromatic N) is 4. The van der Waals surface area contributed by atoms with Crippen LogP contribution in [0.4, 0.5) is 14.5 Å². The van der Waals surface area contributed by atoms with Gasteiger partial charge in [0.15, 0.2) is 5.69 Å². The highest BCUT2D eigenvalue weighted by Crippen LogP contribution is 2.23. The zero-order valence-corrected chi connectivity index (χ0v) is 14.4. The van der Waals surface area contributed by atoms with Gasteiger partial charge in [0.25, 0.3) is 5.91 Å². The highest BCUT2D eigenvalue weighted by molar-refractivity contribution is 6.04. The Kier molecular flexibility index (Phi) is 5.25. The lowest BCUT2D eigenvalue weighted by Crippen LogP contribution is -2.15. The second kappa shape index (κ2) is 7.77. The van der Waals surface area contributed by atoms with E-state index in [0.717, 1.165) is 0 Å². The first-order chi connectivity index (χ1) is 13.0. The number of aromatic nitrogens is 4. The number of hydrogen-bond acceptors (Lipinski definition) is 6. The fourth-order valence-corrected chi connectivity index (χ4v) is 2.39. The third-order valence-electron chi connectivity index (χ3n) is 3.67. The number of alkyl halides is 2. The van der Waals surface area contributed by atoms with Crippen LogP contribution >= 0.6 is 0 Å². The van der Waals surface area contributed by atoms with Crippen LogP contribution in [-0.2, 0) is 0 Å². The van der Waals surface area contributed by atoms with Crippen molar-refractivity contribution in [3.8, 4) is 17.2 Å². The van der Waals surface area contributed by atoms with Crippen LogP contribution in [0.2, 0.25) is 0 Å². The Hall–Kier alpha value is -3.56. The summed E-state index contributed by atoms with van der Waals surface area (Å²) in [7, 11) is 1.48. The van der Waals surface area contributed by atoms with Gasteiger partial charge in [-0.1, -0.05) is 5.21 Å². The first-order valence-electron chi connectivity index (χ1n) is 7.76. The molecule has 0 spiro atoms. The maximum absolute atomic E-state index is 12.5. The maximum atomic E-state index is 12.5. The summed E-state index contributed by atoms with van der Waals surface area (Å²) >= 11 is 0. The van der Waals surface area contributed by atoms with Crippen molar-refractivity contribution in [3.63, 3.8) is 0 Å². The molecular formula is C17H15F2N5O3. The molecule has 0 aliphatic rings. The number of pyridine rings is 1. The molecular weight excluding hydrogens is 360 g/mol. The van der Waals surface area contributed by atoms with Crippen molar-refractivity contribution in [2.24, 2.45) is 0 Å². The monoisotopic (exact) mass is 375 g/mol. The lowest BCUT2D eigenvalue weighted by atomic mass is 10.2. The van der Waals surface area contributed by atoms with Crippen LogP contribution in [-0.4, -0.2) is 39.6 Å². The molecule has 140 valence electrons. The fourth-order valence-electron chi connectivity index (χ4n) is 2.39. The van der Waals surface area contributed by atoms with Crippen molar-refractivity contribution in [3.05, 3.63) is 54.1 Å². The summed E-state index contributed by atoms with van der Waals surface area (Å²) in [5.41, 5.74) is 1.51. The maximum Gasteiger partial charge on any atom is 0.387 e. The number of anilines is 1. The van der Waals surface area contributed by atoms with Gasteiger partial charge in [0.1, 0.15) is 17.2 Å². The van der Waals surface area contributed by atoms with Crippen LogP contribution in [0.15, 0.2) is 42.7 Å². The Labute approximate surface area is 152 Å². The number of benzene rings is 1. The van der Waals surface area contributed by atoms with Gasteiger partial charge in [-0.3, -0.25) is 9.78 Å². The standard InChI is InChI=1S/C17H15F2N5O3/c1-10-15(16(25)21-13-9-20-8-7-14(13)26-2)22-23-24(10)11-3-5-12(6-4-11)27-17(18)19/h3-9,17H,1-2H3,(H,21,25). The van der Waals surface area contributed by atoms with E-state index in [0.29, 0.717) is 22.8 Å². The van der Waals surface area contributed by atoms with E-state index in [1.807, 2.05) is 0 Å². The number of carbonyl (C=O) groups is 1. The third-order valence-corrected chi connectivity index (χ3v) is 3.67. The predicted octanol–water partition coefficient (Wildman–Crippen LogP) is 2.83. The Morgan fingerprint density at radius 1 is 1.22 bits per heavy atom. The Morgan fingerprint density at radius 2 is 1.96 bits per heavy atom. The molecule has 0 unspecified atom stereocenters. The number of nitrogens with one attached hydrogen (secondary N) is 1. The Bertz CT molecular complexity index is 944. The van der Waals surface area contributed by atoms with Gasteiger partial charge in [0.2, 0.25) is 0 Å². The van der Waals surface area contributed by atoms with Crippen molar-refractivity contribution < 1.29 is 23.0 Å². The van der Waals surface area contributed by atoms with Gasteiger partial charge in [0.05, 0.1) is 24.7 Å². The number of carbonyl (C=O) groups excluding carboxylic acids is 1. The summed E-state index contributed by atoms with van der Waals surface area (Å²) < 4.78 is 35.3. The number of ether oxygens (including phenoxy) is 2. The number of halogens is 2. The van der Waals surface area contributed by atoms with Crippen molar-refractivity contribution in [1.82, 2.24) is 20.0 Å². The average molecular weight is 375 g/mol. The van der Waals surface area contributed by atoms with E-state index in [-0.39, 0.29) is 11.4 Å². The van der Waals surface area contributed by atoms with Crippen molar-refractivity contribution >= 4 is 11.6 Å². The summed E-state index contributed by atoms with van der Waals surface area (Å²) in [5, 5.41) is 10.5. The molecule has 2 heterocycles. The van der Waals surface area contributed by atoms with E-state index >= 15 is 0 Å². The Morgan fingerprint density at radius 3 is 2.63 bits per heavy atom. The van der Waals surface area contributed by atoms with Gasteiger partial charge in [0, 0.05) is 12.3 Å². The average Bonchev–Trinajstić information content (AvgIpc) is 3.04. The first-order valence-corrected chi connectivity index (χ1v) is 7.76. The highest BCUT2D eigenvalue weighted by Gasteiger charge is 2.19. The largest absolute Gasteiger partial charge is 0.494 e. The van der Waals surface area contributed by atoms with E-state index in [1.54, 1.807) is 13.0 Å². The van der Waals surface area contributed by atoms with E-state index < -0.39 is 12.5 Å². The fraction of sp³-hybridized carbons (Fsp3) is 0.176. The number of rotatable bonds is 6. The highest BCUT2D eigenvalue weighted by atomic mass is 19.3. The van der Waals surface area contributed by atoms with Gasteiger partial charge in [-0.25, -0.2) is 4.68 Å². The molecule has 1 N–H and O–H groups in total. The third kappa shape index (κ3) is 4.00. The molecule has 0 bridgehead atoms. The molecule has 10 heteroatoms.